The van der Waals surface area contributed by atoms with Gasteiger partial charge in [-0.15, -0.1) is 5.10 Å². The molecule has 3 N–H and O–H groups in total. The van der Waals surface area contributed by atoms with Crippen LogP contribution in [0.5, 0.6) is 0 Å². The predicted octanol–water partition coefficient (Wildman–Crippen LogP) is 3.91. The van der Waals surface area contributed by atoms with Crippen molar-refractivity contribution >= 4 is 23.6 Å². The highest BCUT2D eigenvalue weighted by atomic mass is 35.5. The number of aliphatic hydroxyl groups excluding tert-OH is 1. The summed E-state index contributed by atoms with van der Waals surface area (Å²) in [5, 5.41) is 18.3. The minimum Gasteiger partial charge on any atom is -0.447 e. The zero-order chi connectivity index (χ0) is 31.2. The maximum atomic E-state index is 13.7. The number of hydrogen-bond acceptors (Lipinski definition) is 6. The van der Waals surface area contributed by atoms with Crippen molar-refractivity contribution < 1.29 is 45.8 Å². The van der Waals surface area contributed by atoms with E-state index in [0.29, 0.717) is 9.25 Å². The number of ether oxygens (including phenoxy) is 1. The summed E-state index contributed by atoms with van der Waals surface area (Å²) < 4.78 is 86.2. The molecule has 0 fully saturated rings. The van der Waals surface area contributed by atoms with E-state index in [4.69, 9.17) is 16.3 Å². The largest absolute Gasteiger partial charge is 0.447 e. The van der Waals surface area contributed by atoms with E-state index in [0.717, 1.165) is 18.2 Å². The maximum absolute atomic E-state index is 13.7. The Morgan fingerprint density at radius 3 is 2.31 bits per heavy atom. The number of carbonyl (C=O) groups is 2. The topological polar surface area (TPSA) is 127 Å². The number of alkyl carbamates (subject to hydrolysis) is 1. The summed E-state index contributed by atoms with van der Waals surface area (Å²) in [4.78, 5) is 37.8. The smallest absolute Gasteiger partial charge is 0.416 e. The third-order valence-corrected chi connectivity index (χ3v) is 5.98. The van der Waals surface area contributed by atoms with E-state index in [1.807, 2.05) is 0 Å². The maximum Gasteiger partial charge on any atom is 0.416 e. The van der Waals surface area contributed by atoms with Gasteiger partial charge in [0, 0.05) is 17.1 Å². The molecule has 2 atom stereocenters. The van der Waals surface area contributed by atoms with Gasteiger partial charge in [0.2, 0.25) is 5.91 Å². The number of nitrogens with zero attached hydrogens (tertiary/aromatic N) is 3. The lowest BCUT2D eigenvalue weighted by atomic mass is 10.00. The monoisotopic (exact) mass is 623 g/mol. The summed E-state index contributed by atoms with van der Waals surface area (Å²) in [6, 6.07) is 8.09. The molecule has 0 saturated carbocycles. The fourth-order valence-electron chi connectivity index (χ4n) is 3.80. The van der Waals surface area contributed by atoms with Crippen LogP contribution in [-0.4, -0.2) is 56.9 Å². The van der Waals surface area contributed by atoms with Crippen LogP contribution >= 0.6 is 11.6 Å². The molecule has 17 heteroatoms. The molecular weight excluding hydrogens is 600 g/mol. The van der Waals surface area contributed by atoms with Crippen LogP contribution in [-0.2, 0) is 28.8 Å². The fraction of sp³-hybridized carbons (Fsp3) is 0.360. The summed E-state index contributed by atoms with van der Waals surface area (Å²) in [7, 11) is 0. The molecule has 2 aromatic carbocycles. The van der Waals surface area contributed by atoms with Gasteiger partial charge >= 0.3 is 24.1 Å². The molecule has 228 valence electrons. The Balaban J connectivity index is 1.95. The molecule has 10 nitrogen and oxygen atoms in total. The van der Waals surface area contributed by atoms with Crippen LogP contribution in [0.25, 0.3) is 11.4 Å². The van der Waals surface area contributed by atoms with Crippen LogP contribution in [0.3, 0.4) is 0 Å². The molecular formula is C25H24ClF6N5O5. The van der Waals surface area contributed by atoms with E-state index >= 15 is 0 Å². The summed E-state index contributed by atoms with van der Waals surface area (Å²) >= 11 is 5.85. The molecule has 0 saturated heterocycles. The summed E-state index contributed by atoms with van der Waals surface area (Å²) in [5.41, 5.74) is -2.67. The van der Waals surface area contributed by atoms with Gasteiger partial charge in [-0.25, -0.2) is 14.3 Å². The lowest BCUT2D eigenvalue weighted by Gasteiger charge is -2.23. The molecule has 1 aromatic heterocycles. The number of carbonyl (C=O) groups excluding carboxylic acids is 2. The Hall–Kier alpha value is -4.05. The van der Waals surface area contributed by atoms with Crippen molar-refractivity contribution in [3.05, 3.63) is 75.2 Å². The molecule has 3 rings (SSSR count). The Bertz CT molecular complexity index is 1460. The van der Waals surface area contributed by atoms with Gasteiger partial charge in [-0.05, 0) is 42.8 Å². The van der Waals surface area contributed by atoms with Crippen LogP contribution in [0.4, 0.5) is 31.1 Å². The Morgan fingerprint density at radius 2 is 1.71 bits per heavy atom. The summed E-state index contributed by atoms with van der Waals surface area (Å²) in [6.07, 6.45) is -13.8. The Kier molecular flexibility index (Phi) is 10.3. The zero-order valence-electron chi connectivity index (χ0n) is 21.7. The van der Waals surface area contributed by atoms with Gasteiger partial charge in [0.15, 0.2) is 11.9 Å². The Labute approximate surface area is 238 Å². The number of nitrogens with one attached hydrogen (secondary N) is 2. The number of benzene rings is 2. The minimum absolute atomic E-state index is 0.123. The molecule has 0 spiro atoms. The second-order valence-electron chi connectivity index (χ2n) is 8.77. The molecule has 2 unspecified atom stereocenters. The number of hydrogen-bond donors (Lipinski definition) is 3. The van der Waals surface area contributed by atoms with Gasteiger partial charge < -0.3 is 20.5 Å². The average Bonchev–Trinajstić information content (AvgIpc) is 3.20. The number of halogens is 7. The minimum atomic E-state index is -5.08. The van der Waals surface area contributed by atoms with Crippen molar-refractivity contribution in [2.45, 2.75) is 44.5 Å². The molecule has 2 amide bonds. The quantitative estimate of drug-likeness (QED) is 0.294. The van der Waals surface area contributed by atoms with Crippen molar-refractivity contribution in [3.8, 4) is 11.4 Å². The van der Waals surface area contributed by atoms with Gasteiger partial charge in [-0.3, -0.25) is 9.36 Å². The number of alkyl halides is 6. The Morgan fingerprint density at radius 1 is 1.07 bits per heavy atom. The van der Waals surface area contributed by atoms with Gasteiger partial charge in [-0.1, -0.05) is 29.8 Å². The number of rotatable bonds is 10. The predicted molar refractivity (Wildman–Crippen MR) is 136 cm³/mol. The summed E-state index contributed by atoms with van der Waals surface area (Å²) in [6.45, 7) is -1.21. The third kappa shape index (κ3) is 8.25. The first-order valence-corrected chi connectivity index (χ1v) is 12.5. The van der Waals surface area contributed by atoms with Crippen LogP contribution in [0.15, 0.2) is 53.3 Å². The molecule has 0 aliphatic heterocycles. The molecule has 3 aromatic rings. The number of aliphatic hydroxyl groups is 1. The summed E-state index contributed by atoms with van der Waals surface area (Å²) in [5.74, 6) is -1.42. The molecule has 42 heavy (non-hydrogen) atoms. The highest BCUT2D eigenvalue weighted by Crippen LogP contribution is 2.34. The van der Waals surface area contributed by atoms with Crippen molar-refractivity contribution in [2.24, 2.45) is 0 Å². The van der Waals surface area contributed by atoms with Gasteiger partial charge in [0.1, 0.15) is 13.2 Å². The van der Waals surface area contributed by atoms with Crippen molar-refractivity contribution in [2.75, 3.05) is 13.2 Å². The standard InChI is InChI=1S/C25H24ClF6N5O5/c1-2-33-22(40)42-13-18(16-5-3-4-6-17(16)24(27,28)29)34-20(39)12-37-23(41)36(11-19(38)25(30,31)32)21(35-37)14-7-9-15(26)10-8-14/h3-10,18-19,38H,2,11-13H2,1H3,(H,33,40)(H,34,39). The molecule has 0 aliphatic carbocycles. The van der Waals surface area contributed by atoms with Crippen LogP contribution < -0.4 is 16.3 Å². The van der Waals surface area contributed by atoms with E-state index in [9.17, 15) is 45.8 Å². The van der Waals surface area contributed by atoms with Gasteiger partial charge in [-0.2, -0.15) is 26.3 Å². The van der Waals surface area contributed by atoms with Gasteiger partial charge in [0.05, 0.1) is 18.2 Å². The van der Waals surface area contributed by atoms with E-state index in [2.05, 4.69) is 15.7 Å². The van der Waals surface area contributed by atoms with Crippen molar-refractivity contribution in [1.82, 2.24) is 25.0 Å². The highest BCUT2D eigenvalue weighted by Gasteiger charge is 2.40. The fourth-order valence-corrected chi connectivity index (χ4v) is 3.92. The lowest BCUT2D eigenvalue weighted by molar-refractivity contribution is -0.207. The zero-order valence-corrected chi connectivity index (χ0v) is 22.4. The number of aromatic nitrogens is 3. The SMILES string of the molecule is CCNC(=O)OCC(NC(=O)Cn1nc(-c2ccc(Cl)cc2)n(CC(O)C(F)(F)F)c1=O)c1ccccc1C(F)(F)F. The van der Waals surface area contributed by atoms with Gasteiger partial charge in [0.25, 0.3) is 0 Å². The molecule has 1 heterocycles. The van der Waals surface area contributed by atoms with E-state index in [1.54, 1.807) is 6.92 Å². The molecule has 0 aliphatic rings. The first-order valence-electron chi connectivity index (χ1n) is 12.2. The van der Waals surface area contributed by atoms with E-state index in [-0.39, 0.29) is 23.0 Å². The van der Waals surface area contributed by atoms with E-state index < -0.39 is 73.0 Å². The second kappa shape index (κ2) is 13.3. The normalized spacial score (nSPS) is 13.4. The third-order valence-electron chi connectivity index (χ3n) is 5.73. The molecule has 0 radical (unpaired) electrons. The lowest BCUT2D eigenvalue weighted by Crippen LogP contribution is -2.40. The van der Waals surface area contributed by atoms with Crippen LogP contribution in [0, 0.1) is 0 Å². The first kappa shape index (κ1) is 32.5. The first-order chi connectivity index (χ1) is 19.6. The van der Waals surface area contributed by atoms with E-state index in [1.165, 1.54) is 30.3 Å². The number of amides is 2. The second-order valence-corrected chi connectivity index (χ2v) is 9.21. The van der Waals surface area contributed by atoms with Crippen molar-refractivity contribution in [1.29, 1.82) is 0 Å². The highest BCUT2D eigenvalue weighted by molar-refractivity contribution is 6.30. The average molecular weight is 624 g/mol. The van der Waals surface area contributed by atoms with Crippen molar-refractivity contribution in [3.63, 3.8) is 0 Å². The molecule has 0 bridgehead atoms. The van der Waals surface area contributed by atoms with Crippen LogP contribution in [0.1, 0.15) is 24.1 Å². The van der Waals surface area contributed by atoms with Crippen LogP contribution in [0.2, 0.25) is 5.02 Å².